The van der Waals surface area contributed by atoms with Gasteiger partial charge in [-0.1, -0.05) is 31.5 Å². The second-order valence-electron chi connectivity index (χ2n) is 6.34. The van der Waals surface area contributed by atoms with Crippen LogP contribution in [0.4, 0.5) is 0 Å². The molecule has 1 heterocycles. The van der Waals surface area contributed by atoms with E-state index in [-0.39, 0.29) is 10.9 Å². The van der Waals surface area contributed by atoms with Gasteiger partial charge >= 0.3 is 0 Å². The average molecular weight is 295 g/mol. The van der Waals surface area contributed by atoms with Gasteiger partial charge in [0.1, 0.15) is 5.25 Å². The highest BCUT2D eigenvalue weighted by atomic mass is 32.2. The predicted octanol–water partition coefficient (Wildman–Crippen LogP) is 2.07. The van der Waals surface area contributed by atoms with Crippen molar-refractivity contribution in [2.45, 2.75) is 50.3 Å². The number of amides is 1. The Morgan fingerprint density at radius 3 is 2.25 bits per heavy atom. The van der Waals surface area contributed by atoms with E-state index in [1.807, 2.05) is 27.7 Å². The Morgan fingerprint density at radius 2 is 1.75 bits per heavy atom. The van der Waals surface area contributed by atoms with Gasteiger partial charge in [0.15, 0.2) is 9.84 Å². The minimum atomic E-state index is -3.67. The third-order valence-electron chi connectivity index (χ3n) is 3.83. The number of carbonyl (C=O) groups is 1. The van der Waals surface area contributed by atoms with Crippen molar-refractivity contribution in [2.24, 2.45) is 5.41 Å². The molecule has 1 aromatic rings. The van der Waals surface area contributed by atoms with Gasteiger partial charge in [-0.05, 0) is 37.8 Å². The molecule has 1 saturated heterocycles. The highest BCUT2D eigenvalue weighted by Crippen LogP contribution is 2.37. The molecule has 0 saturated carbocycles. The number of benzene rings is 1. The van der Waals surface area contributed by atoms with Crippen LogP contribution in [0.3, 0.4) is 0 Å². The number of rotatable bonds is 2. The van der Waals surface area contributed by atoms with E-state index < -0.39 is 26.4 Å². The van der Waals surface area contributed by atoms with Crippen LogP contribution in [0.5, 0.6) is 0 Å². The van der Waals surface area contributed by atoms with Gasteiger partial charge in [0.05, 0.1) is 4.90 Å². The maximum atomic E-state index is 12.8. The van der Waals surface area contributed by atoms with Crippen molar-refractivity contribution in [3.63, 3.8) is 0 Å². The molecule has 2 atom stereocenters. The smallest absolute Gasteiger partial charge is 0.239 e. The topological polar surface area (TPSA) is 63.2 Å². The molecule has 0 aliphatic carbocycles. The molecule has 20 heavy (non-hydrogen) atoms. The van der Waals surface area contributed by atoms with Crippen molar-refractivity contribution < 1.29 is 13.2 Å². The Bertz CT molecular complexity index is 617. The minimum Gasteiger partial charge on any atom is -0.352 e. The Kier molecular flexibility index (Phi) is 3.67. The summed E-state index contributed by atoms with van der Waals surface area (Å²) in [5, 5.41) is 1.72. The molecule has 0 radical (unpaired) electrons. The van der Waals surface area contributed by atoms with Crippen molar-refractivity contribution >= 4 is 15.7 Å². The molecule has 110 valence electrons. The lowest BCUT2D eigenvalue weighted by Crippen LogP contribution is -2.57. The first-order valence-corrected chi connectivity index (χ1v) is 8.30. The zero-order chi connectivity index (χ0) is 15.1. The summed E-state index contributed by atoms with van der Waals surface area (Å²) in [7, 11) is -3.67. The Balaban J connectivity index is 2.47. The van der Waals surface area contributed by atoms with Crippen LogP contribution in [0.15, 0.2) is 29.2 Å². The van der Waals surface area contributed by atoms with Crippen molar-refractivity contribution in [3.05, 3.63) is 29.8 Å². The van der Waals surface area contributed by atoms with Gasteiger partial charge in [0.2, 0.25) is 5.91 Å². The molecule has 0 bridgehead atoms. The molecule has 2 unspecified atom stereocenters. The monoisotopic (exact) mass is 295 g/mol. The molecule has 1 aliphatic heterocycles. The van der Waals surface area contributed by atoms with Crippen LogP contribution in [-0.2, 0) is 14.6 Å². The van der Waals surface area contributed by atoms with E-state index in [9.17, 15) is 13.2 Å². The average Bonchev–Trinajstić information content (AvgIpc) is 2.25. The molecule has 0 aromatic heterocycles. The van der Waals surface area contributed by atoms with Gasteiger partial charge < -0.3 is 5.32 Å². The molecule has 1 aliphatic rings. The molecular formula is C15H21NO3S. The number of aryl methyl sites for hydroxylation is 1. The zero-order valence-electron chi connectivity index (χ0n) is 12.3. The highest BCUT2D eigenvalue weighted by Gasteiger charge is 2.49. The van der Waals surface area contributed by atoms with E-state index in [4.69, 9.17) is 0 Å². The third-order valence-corrected chi connectivity index (χ3v) is 6.23. The maximum Gasteiger partial charge on any atom is 0.239 e. The summed E-state index contributed by atoms with van der Waals surface area (Å²) in [6.07, 6.45) is 0.647. The fourth-order valence-electron chi connectivity index (χ4n) is 3.05. The van der Waals surface area contributed by atoms with Gasteiger partial charge in [-0.2, -0.15) is 0 Å². The molecule has 2 rings (SSSR count). The maximum absolute atomic E-state index is 12.8. The molecule has 0 spiro atoms. The molecule has 1 fully saturated rings. The fraction of sp³-hybridized carbons (Fsp3) is 0.533. The normalized spacial score (nSPS) is 26.1. The number of nitrogens with one attached hydrogen (secondary N) is 1. The first-order chi connectivity index (χ1) is 9.14. The summed E-state index contributed by atoms with van der Waals surface area (Å²) in [6.45, 7) is 7.49. The standard InChI is InChI=1S/C15H21NO3S/c1-10-5-7-12(8-6-10)20(18,19)13-14(17)16-11(2)9-15(13,3)4/h5-8,11,13H,9H2,1-4H3,(H,16,17). The molecule has 4 nitrogen and oxygen atoms in total. The summed E-state index contributed by atoms with van der Waals surface area (Å²) >= 11 is 0. The van der Waals surface area contributed by atoms with Crippen molar-refractivity contribution in [3.8, 4) is 0 Å². The van der Waals surface area contributed by atoms with Crippen LogP contribution >= 0.6 is 0 Å². The quantitative estimate of drug-likeness (QED) is 0.908. The number of piperidine rings is 1. The first-order valence-electron chi connectivity index (χ1n) is 6.75. The summed E-state index contributed by atoms with van der Waals surface area (Å²) < 4.78 is 25.5. The Labute approximate surface area is 120 Å². The van der Waals surface area contributed by atoms with E-state index in [0.717, 1.165) is 5.56 Å². The van der Waals surface area contributed by atoms with Gasteiger partial charge in [-0.3, -0.25) is 4.79 Å². The van der Waals surface area contributed by atoms with Crippen LogP contribution in [-0.4, -0.2) is 25.6 Å². The zero-order valence-corrected chi connectivity index (χ0v) is 13.1. The van der Waals surface area contributed by atoms with Crippen LogP contribution in [0.1, 0.15) is 32.8 Å². The van der Waals surface area contributed by atoms with Crippen LogP contribution in [0.25, 0.3) is 0 Å². The number of hydrogen-bond acceptors (Lipinski definition) is 3. The molecule has 1 N–H and O–H groups in total. The Morgan fingerprint density at radius 1 is 1.20 bits per heavy atom. The third kappa shape index (κ3) is 2.59. The van der Waals surface area contributed by atoms with Gasteiger partial charge in [0.25, 0.3) is 0 Å². The van der Waals surface area contributed by atoms with Crippen molar-refractivity contribution in [1.82, 2.24) is 5.32 Å². The van der Waals surface area contributed by atoms with Crippen molar-refractivity contribution in [2.75, 3.05) is 0 Å². The fourth-order valence-corrected chi connectivity index (χ4v) is 5.12. The molecule has 1 aromatic carbocycles. The Hall–Kier alpha value is -1.36. The van der Waals surface area contributed by atoms with E-state index >= 15 is 0 Å². The van der Waals surface area contributed by atoms with Crippen LogP contribution < -0.4 is 5.32 Å². The van der Waals surface area contributed by atoms with E-state index in [1.54, 1.807) is 24.3 Å². The second kappa shape index (κ2) is 4.88. The summed E-state index contributed by atoms with van der Waals surface area (Å²) in [5.41, 5.74) is 0.413. The molecule has 1 amide bonds. The molecule has 5 heteroatoms. The summed E-state index contributed by atoms with van der Waals surface area (Å²) in [6, 6.07) is 6.66. The first kappa shape index (κ1) is 15.0. The second-order valence-corrected chi connectivity index (χ2v) is 8.37. The van der Waals surface area contributed by atoms with Gasteiger partial charge in [-0.15, -0.1) is 0 Å². The number of hydrogen-bond donors (Lipinski definition) is 1. The van der Waals surface area contributed by atoms with E-state index in [2.05, 4.69) is 5.32 Å². The predicted molar refractivity (Wildman–Crippen MR) is 78.2 cm³/mol. The summed E-state index contributed by atoms with van der Waals surface area (Å²) in [5.74, 6) is -0.394. The molecular weight excluding hydrogens is 274 g/mol. The summed E-state index contributed by atoms with van der Waals surface area (Å²) in [4.78, 5) is 12.4. The SMILES string of the molecule is Cc1ccc(S(=O)(=O)C2C(=O)NC(C)CC2(C)C)cc1. The van der Waals surface area contributed by atoms with E-state index in [0.29, 0.717) is 6.42 Å². The highest BCUT2D eigenvalue weighted by molar-refractivity contribution is 7.92. The number of sulfone groups is 1. The lowest BCUT2D eigenvalue weighted by atomic mass is 9.79. The largest absolute Gasteiger partial charge is 0.352 e. The van der Waals surface area contributed by atoms with Crippen LogP contribution in [0, 0.1) is 12.3 Å². The minimum absolute atomic E-state index is 0.00182. The van der Waals surface area contributed by atoms with E-state index in [1.165, 1.54) is 0 Å². The van der Waals surface area contributed by atoms with Gasteiger partial charge in [-0.25, -0.2) is 8.42 Å². The number of carbonyl (C=O) groups excluding carboxylic acids is 1. The van der Waals surface area contributed by atoms with Crippen LogP contribution in [0.2, 0.25) is 0 Å². The van der Waals surface area contributed by atoms with Crippen molar-refractivity contribution in [1.29, 1.82) is 0 Å². The van der Waals surface area contributed by atoms with Gasteiger partial charge in [0, 0.05) is 6.04 Å². The lowest BCUT2D eigenvalue weighted by molar-refractivity contribution is -0.125. The lowest BCUT2D eigenvalue weighted by Gasteiger charge is -2.40.